The summed E-state index contributed by atoms with van der Waals surface area (Å²) in [6.07, 6.45) is 0. The van der Waals surface area contributed by atoms with E-state index in [2.05, 4.69) is 5.32 Å². The molecule has 6 heteroatoms. The van der Waals surface area contributed by atoms with Gasteiger partial charge < -0.3 is 21.1 Å². The SMILES string of the molecule is CC(C)N1c2ccc(C(=O)O)cc2NC1(C(N)=O)c1ccccc1. The highest BCUT2D eigenvalue weighted by atomic mass is 16.4. The third-order valence-electron chi connectivity index (χ3n) is 4.24. The van der Waals surface area contributed by atoms with Crippen molar-refractivity contribution in [3.8, 4) is 0 Å². The molecule has 1 aliphatic rings. The fraction of sp³-hybridized carbons (Fsp3) is 0.222. The summed E-state index contributed by atoms with van der Waals surface area (Å²) in [5.74, 6) is -1.57. The normalized spacial score (nSPS) is 19.0. The molecule has 124 valence electrons. The quantitative estimate of drug-likeness (QED) is 0.802. The van der Waals surface area contributed by atoms with Crippen molar-refractivity contribution in [2.45, 2.75) is 25.6 Å². The number of nitrogens with two attached hydrogens (primary N) is 1. The number of carboxylic acids is 1. The second kappa shape index (κ2) is 5.56. The molecular weight excluding hydrogens is 306 g/mol. The molecule has 6 nitrogen and oxygen atoms in total. The zero-order valence-corrected chi connectivity index (χ0v) is 13.5. The fourth-order valence-electron chi connectivity index (χ4n) is 3.29. The Balaban J connectivity index is 2.24. The molecule has 0 radical (unpaired) electrons. The van der Waals surface area contributed by atoms with E-state index in [1.807, 2.05) is 49.1 Å². The largest absolute Gasteiger partial charge is 0.478 e. The van der Waals surface area contributed by atoms with E-state index in [-0.39, 0.29) is 11.6 Å². The molecule has 1 amide bonds. The van der Waals surface area contributed by atoms with Gasteiger partial charge in [0.25, 0.3) is 5.91 Å². The van der Waals surface area contributed by atoms with Gasteiger partial charge in [0.1, 0.15) is 0 Å². The van der Waals surface area contributed by atoms with Gasteiger partial charge in [0, 0.05) is 11.6 Å². The molecule has 3 rings (SSSR count). The third kappa shape index (κ3) is 2.19. The summed E-state index contributed by atoms with van der Waals surface area (Å²) in [5.41, 5.74) is 6.74. The van der Waals surface area contributed by atoms with Crippen molar-refractivity contribution < 1.29 is 14.7 Å². The summed E-state index contributed by atoms with van der Waals surface area (Å²) in [6, 6.07) is 13.9. The van der Waals surface area contributed by atoms with E-state index < -0.39 is 17.5 Å². The number of amides is 1. The van der Waals surface area contributed by atoms with Crippen molar-refractivity contribution in [3.05, 3.63) is 59.7 Å². The Hall–Kier alpha value is -3.02. The van der Waals surface area contributed by atoms with Gasteiger partial charge in [-0.25, -0.2) is 4.79 Å². The van der Waals surface area contributed by atoms with Crippen LogP contribution in [-0.2, 0) is 10.5 Å². The summed E-state index contributed by atoms with van der Waals surface area (Å²) < 4.78 is 0. The van der Waals surface area contributed by atoms with Crippen LogP contribution in [0.25, 0.3) is 0 Å². The minimum absolute atomic E-state index is 0.0397. The molecule has 1 atom stereocenters. The molecule has 0 saturated carbocycles. The van der Waals surface area contributed by atoms with Crippen LogP contribution in [0.5, 0.6) is 0 Å². The summed E-state index contributed by atoms with van der Waals surface area (Å²) >= 11 is 0. The molecule has 0 saturated heterocycles. The average Bonchev–Trinajstić information content (AvgIpc) is 2.91. The first-order chi connectivity index (χ1) is 11.4. The zero-order chi connectivity index (χ0) is 17.5. The Morgan fingerprint density at radius 2 is 1.83 bits per heavy atom. The second-order valence-electron chi connectivity index (χ2n) is 6.07. The molecule has 0 spiro atoms. The molecule has 1 heterocycles. The van der Waals surface area contributed by atoms with Crippen molar-refractivity contribution in [1.82, 2.24) is 0 Å². The van der Waals surface area contributed by atoms with Gasteiger partial charge in [0.15, 0.2) is 0 Å². The Morgan fingerprint density at radius 3 is 2.38 bits per heavy atom. The van der Waals surface area contributed by atoms with E-state index >= 15 is 0 Å². The van der Waals surface area contributed by atoms with Crippen LogP contribution in [0.1, 0.15) is 29.8 Å². The van der Waals surface area contributed by atoms with Crippen molar-refractivity contribution in [3.63, 3.8) is 0 Å². The highest BCUT2D eigenvalue weighted by Gasteiger charge is 2.51. The third-order valence-corrected chi connectivity index (χ3v) is 4.24. The minimum Gasteiger partial charge on any atom is -0.478 e. The predicted molar refractivity (Wildman–Crippen MR) is 92.0 cm³/mol. The molecule has 0 aromatic heterocycles. The van der Waals surface area contributed by atoms with E-state index in [0.29, 0.717) is 11.3 Å². The Morgan fingerprint density at radius 1 is 1.17 bits per heavy atom. The van der Waals surface area contributed by atoms with E-state index in [9.17, 15) is 14.7 Å². The number of benzene rings is 2. The number of hydrogen-bond acceptors (Lipinski definition) is 4. The van der Waals surface area contributed by atoms with Gasteiger partial charge in [-0.15, -0.1) is 0 Å². The van der Waals surface area contributed by atoms with Crippen LogP contribution in [0.15, 0.2) is 48.5 Å². The van der Waals surface area contributed by atoms with Crippen molar-refractivity contribution in [1.29, 1.82) is 0 Å². The Labute approximate surface area is 139 Å². The van der Waals surface area contributed by atoms with Gasteiger partial charge in [-0.2, -0.15) is 0 Å². The highest BCUT2D eigenvalue weighted by molar-refractivity contribution is 6.00. The zero-order valence-electron chi connectivity index (χ0n) is 13.5. The van der Waals surface area contributed by atoms with Crippen molar-refractivity contribution in [2.75, 3.05) is 10.2 Å². The number of aromatic carboxylic acids is 1. The number of nitrogens with one attached hydrogen (secondary N) is 1. The number of carbonyl (C=O) groups is 2. The number of rotatable bonds is 4. The second-order valence-corrected chi connectivity index (χ2v) is 6.07. The van der Waals surface area contributed by atoms with E-state index in [1.54, 1.807) is 6.07 Å². The van der Waals surface area contributed by atoms with E-state index in [4.69, 9.17) is 5.73 Å². The topological polar surface area (TPSA) is 95.7 Å². The number of carbonyl (C=O) groups excluding carboxylic acids is 1. The van der Waals surface area contributed by atoms with Crippen LogP contribution in [0.3, 0.4) is 0 Å². The summed E-state index contributed by atoms with van der Waals surface area (Å²) in [6.45, 7) is 3.92. The minimum atomic E-state index is -1.26. The number of carboxylic acid groups (broad SMARTS) is 1. The first kappa shape index (κ1) is 15.9. The van der Waals surface area contributed by atoms with Gasteiger partial charge in [-0.1, -0.05) is 30.3 Å². The maximum absolute atomic E-state index is 12.5. The van der Waals surface area contributed by atoms with E-state index in [0.717, 1.165) is 5.69 Å². The van der Waals surface area contributed by atoms with Gasteiger partial charge >= 0.3 is 5.97 Å². The lowest BCUT2D eigenvalue weighted by molar-refractivity contribution is -0.122. The van der Waals surface area contributed by atoms with E-state index in [1.165, 1.54) is 12.1 Å². The maximum atomic E-state index is 12.5. The molecule has 2 aromatic rings. The van der Waals surface area contributed by atoms with Gasteiger partial charge in [-0.05, 0) is 32.0 Å². The van der Waals surface area contributed by atoms with Crippen LogP contribution in [0, 0.1) is 0 Å². The summed E-state index contributed by atoms with van der Waals surface area (Å²) in [4.78, 5) is 25.7. The number of hydrogen-bond donors (Lipinski definition) is 3. The number of anilines is 2. The average molecular weight is 325 g/mol. The summed E-state index contributed by atoms with van der Waals surface area (Å²) in [5, 5.41) is 12.4. The Kier molecular flexibility index (Phi) is 3.67. The van der Waals surface area contributed by atoms with Crippen molar-refractivity contribution >= 4 is 23.3 Å². The molecule has 0 fully saturated rings. The van der Waals surface area contributed by atoms with Crippen LogP contribution in [-0.4, -0.2) is 23.0 Å². The van der Waals surface area contributed by atoms with Gasteiger partial charge in [0.2, 0.25) is 5.66 Å². The monoisotopic (exact) mass is 325 g/mol. The van der Waals surface area contributed by atoms with Gasteiger partial charge in [-0.3, -0.25) is 4.79 Å². The number of primary amides is 1. The molecule has 1 unspecified atom stereocenters. The van der Waals surface area contributed by atoms with Crippen LogP contribution < -0.4 is 16.0 Å². The maximum Gasteiger partial charge on any atom is 0.335 e. The molecule has 4 N–H and O–H groups in total. The van der Waals surface area contributed by atoms with Gasteiger partial charge in [0.05, 0.1) is 16.9 Å². The Bertz CT molecular complexity index is 804. The predicted octanol–water partition coefficient (Wildman–Crippen LogP) is 2.36. The first-order valence-corrected chi connectivity index (χ1v) is 7.68. The first-order valence-electron chi connectivity index (χ1n) is 7.68. The standard InChI is InChI=1S/C18H19N3O3/c1-11(2)21-15-9-8-12(16(22)23)10-14(15)20-18(21,17(19)24)13-6-4-3-5-7-13/h3-11,20H,1-2H3,(H2,19,24)(H,22,23). The fourth-order valence-corrected chi connectivity index (χ4v) is 3.29. The lowest BCUT2D eigenvalue weighted by atomic mass is 9.96. The molecule has 24 heavy (non-hydrogen) atoms. The smallest absolute Gasteiger partial charge is 0.335 e. The lowest BCUT2D eigenvalue weighted by Crippen LogP contribution is -2.59. The highest BCUT2D eigenvalue weighted by Crippen LogP contribution is 2.46. The summed E-state index contributed by atoms with van der Waals surface area (Å²) in [7, 11) is 0. The lowest BCUT2D eigenvalue weighted by Gasteiger charge is -2.40. The van der Waals surface area contributed by atoms with Crippen LogP contribution in [0.4, 0.5) is 11.4 Å². The molecule has 2 aromatic carbocycles. The molecule has 1 aliphatic heterocycles. The number of nitrogens with zero attached hydrogens (tertiary/aromatic N) is 1. The molecule has 0 aliphatic carbocycles. The molecule has 0 bridgehead atoms. The molecular formula is C18H19N3O3. The van der Waals surface area contributed by atoms with Crippen molar-refractivity contribution in [2.24, 2.45) is 5.73 Å². The number of fused-ring (bicyclic) bond motifs is 1. The van der Waals surface area contributed by atoms with Crippen LogP contribution >= 0.6 is 0 Å². The van der Waals surface area contributed by atoms with Crippen LogP contribution in [0.2, 0.25) is 0 Å².